The summed E-state index contributed by atoms with van der Waals surface area (Å²) in [5.41, 5.74) is 1.00. The quantitative estimate of drug-likeness (QED) is 0.792. The average Bonchev–Trinajstić information content (AvgIpc) is 2.15. The topological polar surface area (TPSA) is 15.3 Å². The highest BCUT2D eigenvalue weighted by molar-refractivity contribution is 5.73. The largest absolute Gasteiger partial charge is 0.378 e. The van der Waals surface area contributed by atoms with E-state index in [1.165, 1.54) is 6.07 Å². The van der Waals surface area contributed by atoms with Gasteiger partial charge in [-0.1, -0.05) is 13.8 Å². The summed E-state index contributed by atoms with van der Waals surface area (Å²) in [7, 11) is 1.83. The molecule has 1 N–H and O–H groups in total. The van der Waals surface area contributed by atoms with Crippen LogP contribution in [0.15, 0.2) is 12.1 Å². The molecule has 0 aliphatic carbocycles. The Balaban J connectivity index is 2.42. The molecule has 0 bridgehead atoms. The van der Waals surface area contributed by atoms with Gasteiger partial charge in [0.1, 0.15) is 5.82 Å². The third kappa shape index (κ3) is 1.84. The lowest BCUT2D eigenvalue weighted by Gasteiger charge is -2.37. The third-order valence-electron chi connectivity index (χ3n) is 3.03. The molecular weight excluding hydrogens is 210 g/mol. The van der Waals surface area contributed by atoms with E-state index >= 15 is 0 Å². The Labute approximate surface area is 94.3 Å². The van der Waals surface area contributed by atoms with Gasteiger partial charge in [-0.05, 0) is 12.0 Å². The van der Waals surface area contributed by atoms with Gasteiger partial charge in [-0.2, -0.15) is 0 Å². The summed E-state index contributed by atoms with van der Waals surface area (Å²) in [4.78, 5) is 1.84. The van der Waals surface area contributed by atoms with Crippen LogP contribution in [0.5, 0.6) is 0 Å². The molecule has 1 aliphatic rings. The van der Waals surface area contributed by atoms with E-state index in [2.05, 4.69) is 19.2 Å². The van der Waals surface area contributed by atoms with E-state index in [1.54, 1.807) is 0 Å². The Kier molecular flexibility index (Phi) is 2.74. The van der Waals surface area contributed by atoms with E-state index in [0.29, 0.717) is 17.3 Å². The van der Waals surface area contributed by atoms with Crippen LogP contribution in [0.25, 0.3) is 0 Å². The van der Waals surface area contributed by atoms with Gasteiger partial charge in [0, 0.05) is 25.7 Å². The molecule has 0 spiro atoms. The lowest BCUT2D eigenvalue weighted by Crippen LogP contribution is -2.42. The van der Waals surface area contributed by atoms with Gasteiger partial charge in [-0.15, -0.1) is 0 Å². The van der Waals surface area contributed by atoms with Crippen molar-refractivity contribution in [3.8, 4) is 0 Å². The highest BCUT2D eigenvalue weighted by atomic mass is 19.1. The second-order valence-corrected chi connectivity index (χ2v) is 4.66. The summed E-state index contributed by atoms with van der Waals surface area (Å²) >= 11 is 0. The molecule has 4 heteroatoms. The molecule has 16 heavy (non-hydrogen) atoms. The molecule has 2 rings (SSSR count). The van der Waals surface area contributed by atoms with Crippen molar-refractivity contribution in [2.75, 3.05) is 23.8 Å². The molecule has 2 nitrogen and oxygen atoms in total. The van der Waals surface area contributed by atoms with Crippen LogP contribution in [-0.2, 0) is 0 Å². The lowest BCUT2D eigenvalue weighted by molar-refractivity contribution is 0.504. The van der Waals surface area contributed by atoms with Gasteiger partial charge in [0.05, 0.1) is 11.4 Å². The number of nitrogens with one attached hydrogen (secondary N) is 1. The number of anilines is 2. The average molecular weight is 226 g/mol. The standard InChI is InChI=1S/C12H16F2N2/c1-7(2)11-6-16(3)12-9(14)4-8(13)5-10(12)15-11/h4-5,7,11,15H,6H2,1-3H3. The van der Waals surface area contributed by atoms with Crippen molar-refractivity contribution in [1.82, 2.24) is 0 Å². The van der Waals surface area contributed by atoms with E-state index in [0.717, 1.165) is 12.6 Å². The van der Waals surface area contributed by atoms with Crippen molar-refractivity contribution in [3.63, 3.8) is 0 Å². The van der Waals surface area contributed by atoms with Crippen molar-refractivity contribution in [2.45, 2.75) is 19.9 Å². The number of nitrogens with zero attached hydrogens (tertiary/aromatic N) is 1. The monoisotopic (exact) mass is 226 g/mol. The second-order valence-electron chi connectivity index (χ2n) is 4.66. The van der Waals surface area contributed by atoms with Gasteiger partial charge in [0.25, 0.3) is 0 Å². The zero-order chi connectivity index (χ0) is 11.9. The fourth-order valence-corrected chi connectivity index (χ4v) is 2.07. The minimum Gasteiger partial charge on any atom is -0.378 e. The van der Waals surface area contributed by atoms with Gasteiger partial charge < -0.3 is 10.2 Å². The Morgan fingerprint density at radius 1 is 1.38 bits per heavy atom. The smallest absolute Gasteiger partial charge is 0.151 e. The maximum Gasteiger partial charge on any atom is 0.151 e. The number of hydrogen-bond acceptors (Lipinski definition) is 2. The Bertz CT molecular complexity index is 404. The van der Waals surface area contributed by atoms with Crippen molar-refractivity contribution in [1.29, 1.82) is 0 Å². The molecule has 1 unspecified atom stereocenters. The van der Waals surface area contributed by atoms with Crippen LogP contribution in [0.3, 0.4) is 0 Å². The summed E-state index contributed by atoms with van der Waals surface area (Å²) in [6, 6.07) is 2.49. The minimum atomic E-state index is -0.540. The Morgan fingerprint density at radius 3 is 2.69 bits per heavy atom. The first-order chi connectivity index (χ1) is 7.49. The first kappa shape index (κ1) is 11.2. The van der Waals surface area contributed by atoms with E-state index in [4.69, 9.17) is 0 Å². The van der Waals surface area contributed by atoms with Crippen LogP contribution in [0.4, 0.5) is 20.2 Å². The first-order valence-electron chi connectivity index (χ1n) is 5.45. The van der Waals surface area contributed by atoms with Crippen molar-refractivity contribution >= 4 is 11.4 Å². The molecule has 0 amide bonds. The summed E-state index contributed by atoms with van der Waals surface area (Å²) in [6.07, 6.45) is 0. The Morgan fingerprint density at radius 2 is 2.06 bits per heavy atom. The molecule has 1 atom stereocenters. The zero-order valence-electron chi connectivity index (χ0n) is 9.72. The minimum absolute atomic E-state index is 0.221. The zero-order valence-corrected chi connectivity index (χ0v) is 9.72. The molecule has 1 aromatic carbocycles. The van der Waals surface area contributed by atoms with Crippen LogP contribution >= 0.6 is 0 Å². The first-order valence-corrected chi connectivity index (χ1v) is 5.45. The van der Waals surface area contributed by atoms with Crippen LogP contribution in [0, 0.1) is 17.6 Å². The molecule has 0 saturated heterocycles. The SMILES string of the molecule is CC(C)C1CN(C)c2c(F)cc(F)cc2N1. The van der Waals surface area contributed by atoms with Gasteiger partial charge in [0.2, 0.25) is 0 Å². The molecule has 0 radical (unpaired) electrons. The summed E-state index contributed by atoms with van der Waals surface area (Å²) in [5, 5.41) is 3.19. The highest BCUT2D eigenvalue weighted by Gasteiger charge is 2.26. The van der Waals surface area contributed by atoms with Crippen LogP contribution < -0.4 is 10.2 Å². The molecule has 1 heterocycles. The molecule has 0 fully saturated rings. The Hall–Kier alpha value is -1.32. The number of benzene rings is 1. The van der Waals surface area contributed by atoms with Crippen molar-refractivity contribution < 1.29 is 8.78 Å². The van der Waals surface area contributed by atoms with Gasteiger partial charge >= 0.3 is 0 Å². The molecule has 1 aromatic rings. The fraction of sp³-hybridized carbons (Fsp3) is 0.500. The van der Waals surface area contributed by atoms with E-state index in [9.17, 15) is 8.78 Å². The fourth-order valence-electron chi connectivity index (χ4n) is 2.07. The maximum atomic E-state index is 13.6. The summed E-state index contributed by atoms with van der Waals surface area (Å²) < 4.78 is 26.7. The molecule has 88 valence electrons. The van der Waals surface area contributed by atoms with Crippen LogP contribution in [-0.4, -0.2) is 19.6 Å². The number of halogens is 2. The summed E-state index contributed by atoms with van der Waals surface area (Å²) in [6.45, 7) is 4.91. The predicted molar refractivity (Wildman–Crippen MR) is 61.9 cm³/mol. The van der Waals surface area contributed by atoms with Gasteiger partial charge in [-0.3, -0.25) is 0 Å². The predicted octanol–water partition coefficient (Wildman–Crippen LogP) is 2.85. The normalized spacial score (nSPS) is 19.6. The van der Waals surface area contributed by atoms with E-state index in [-0.39, 0.29) is 6.04 Å². The van der Waals surface area contributed by atoms with E-state index in [1.807, 2.05) is 11.9 Å². The second kappa shape index (κ2) is 3.92. The molecule has 0 saturated carbocycles. The van der Waals surface area contributed by atoms with E-state index < -0.39 is 11.6 Å². The lowest BCUT2D eigenvalue weighted by atomic mass is 10.00. The number of rotatable bonds is 1. The van der Waals surface area contributed by atoms with Gasteiger partial charge in [0.15, 0.2) is 5.82 Å². The number of fused-ring (bicyclic) bond motifs is 1. The molecule has 0 aromatic heterocycles. The third-order valence-corrected chi connectivity index (χ3v) is 3.03. The van der Waals surface area contributed by atoms with Crippen LogP contribution in [0.2, 0.25) is 0 Å². The van der Waals surface area contributed by atoms with Crippen LogP contribution in [0.1, 0.15) is 13.8 Å². The van der Waals surface area contributed by atoms with Crippen molar-refractivity contribution in [3.05, 3.63) is 23.8 Å². The number of likely N-dealkylation sites (N-methyl/N-ethyl adjacent to an activating group) is 1. The molecular formula is C12H16F2N2. The van der Waals surface area contributed by atoms with Crippen molar-refractivity contribution in [2.24, 2.45) is 5.92 Å². The molecule has 1 aliphatic heterocycles. The maximum absolute atomic E-state index is 13.6. The summed E-state index contributed by atoms with van der Waals surface area (Å²) in [5.74, 6) is -0.629. The number of hydrogen-bond donors (Lipinski definition) is 1. The highest BCUT2D eigenvalue weighted by Crippen LogP contribution is 2.34. The van der Waals surface area contributed by atoms with Gasteiger partial charge in [-0.25, -0.2) is 8.78 Å².